The number of likely N-dealkylation sites (tertiary alicyclic amines) is 1. The van der Waals surface area contributed by atoms with E-state index in [1.165, 1.54) is 19.1 Å². The van der Waals surface area contributed by atoms with Crippen LogP contribution in [0.4, 0.5) is 5.69 Å². The number of imide groups is 2. The number of aromatic nitrogens is 1. The van der Waals surface area contributed by atoms with Crippen molar-refractivity contribution in [2.24, 2.45) is 17.8 Å². The molecule has 4 aromatic rings. The Kier molecular flexibility index (Phi) is 7.04. The van der Waals surface area contributed by atoms with Crippen LogP contribution in [0.3, 0.4) is 0 Å². The topological polar surface area (TPSA) is 130 Å². The molecule has 4 amide bonds. The van der Waals surface area contributed by atoms with Crippen molar-refractivity contribution in [2.45, 2.75) is 28.5 Å². The summed E-state index contributed by atoms with van der Waals surface area (Å²) in [6, 6.07) is 17.5. The molecule has 10 nitrogen and oxygen atoms in total. The number of nitrogens with zero attached hydrogens (tertiary/aromatic N) is 3. The van der Waals surface area contributed by atoms with Crippen LogP contribution >= 0.6 is 45.8 Å². The molecule has 8 rings (SSSR count). The van der Waals surface area contributed by atoms with Crippen molar-refractivity contribution in [1.82, 2.24) is 9.88 Å². The third-order valence-corrected chi connectivity index (χ3v) is 12.5. The number of carbonyl (C=O) groups excluding carboxylic acids is 4. The average Bonchev–Trinajstić information content (AvgIpc) is 3.67. The van der Waals surface area contributed by atoms with Gasteiger partial charge in [0.15, 0.2) is 26.8 Å². The van der Waals surface area contributed by atoms with Gasteiger partial charge < -0.3 is 14.3 Å². The maximum atomic E-state index is 14.4. The van der Waals surface area contributed by atoms with E-state index in [0.717, 1.165) is 4.90 Å². The summed E-state index contributed by atoms with van der Waals surface area (Å²) in [5.74, 6) is -4.82. The lowest BCUT2D eigenvalue weighted by Crippen LogP contribution is -2.60. The van der Waals surface area contributed by atoms with Crippen LogP contribution in [0.15, 0.2) is 76.7 Å². The van der Waals surface area contributed by atoms with Crippen LogP contribution in [0.2, 0.25) is 0 Å². The van der Waals surface area contributed by atoms with Crippen LogP contribution in [-0.4, -0.2) is 62.5 Å². The molecule has 1 saturated carbocycles. The van der Waals surface area contributed by atoms with Gasteiger partial charge in [0.1, 0.15) is 5.52 Å². The zero-order valence-corrected chi connectivity index (χ0v) is 29.1. The summed E-state index contributed by atoms with van der Waals surface area (Å²) in [7, 11) is 2.74. The number of anilines is 1. The fourth-order valence-electron chi connectivity index (χ4n) is 8.04. The molecule has 13 heteroatoms. The Morgan fingerprint density at radius 3 is 2.44 bits per heavy atom. The Balaban J connectivity index is 1.19. The summed E-state index contributed by atoms with van der Waals surface area (Å²) >= 11 is 16.5. The number of rotatable bonds is 4. The highest BCUT2D eigenvalue weighted by Crippen LogP contribution is 2.65. The second-order valence-corrected chi connectivity index (χ2v) is 15.0. The zero-order chi connectivity index (χ0) is 33.9. The van der Waals surface area contributed by atoms with Gasteiger partial charge in [-0.05, 0) is 95.4 Å². The smallest absolute Gasteiger partial charge is 0.253 e. The van der Waals surface area contributed by atoms with Crippen molar-refractivity contribution in [3.8, 4) is 23.0 Å². The number of benzene rings is 3. The van der Waals surface area contributed by atoms with Crippen LogP contribution in [0.1, 0.15) is 24.3 Å². The highest BCUT2D eigenvalue weighted by atomic mass is 127. The number of hydrogen-bond acceptors (Lipinski definition) is 8. The van der Waals surface area contributed by atoms with Crippen LogP contribution in [-0.2, 0) is 19.2 Å². The Hall–Kier alpha value is -3.94. The van der Waals surface area contributed by atoms with Crippen molar-refractivity contribution >= 4 is 86.2 Å². The summed E-state index contributed by atoms with van der Waals surface area (Å²) in [5.41, 5.74) is 3.57. The van der Waals surface area contributed by atoms with Gasteiger partial charge in [0.2, 0.25) is 17.7 Å². The van der Waals surface area contributed by atoms with Gasteiger partial charge in [-0.25, -0.2) is 4.98 Å². The largest absolute Gasteiger partial charge is 0.504 e. The number of hydrogen-bond donors (Lipinski definition) is 1. The first-order valence-electron chi connectivity index (χ1n) is 15.2. The highest BCUT2D eigenvalue weighted by molar-refractivity contribution is 14.1. The molecule has 0 radical (unpaired) electrons. The summed E-state index contributed by atoms with van der Waals surface area (Å²) in [4.78, 5) is 58.7. The SMILES string of the molecule is COc1cc([C@H]2C3=CC[C@@H]4C(=O)N(c5ccc(-c6nc7ccccc7o6)cc5)C(=O)[C@@H]4[C@@H]3C[C@@]3(Cl)C(=O)N(C)C(=O)[C@@]23Cl)cc(I)c1O. The number of para-hydroxylation sites is 2. The predicted molar refractivity (Wildman–Crippen MR) is 185 cm³/mol. The van der Waals surface area contributed by atoms with E-state index in [4.69, 9.17) is 32.4 Å². The van der Waals surface area contributed by atoms with Crippen LogP contribution in [0, 0.1) is 21.3 Å². The number of allylic oxidation sites excluding steroid dienone is 2. The van der Waals surface area contributed by atoms with Gasteiger partial charge in [0.05, 0.1) is 28.2 Å². The number of halogens is 3. The highest BCUT2D eigenvalue weighted by Gasteiger charge is 2.76. The molecule has 0 spiro atoms. The molecule has 2 aliphatic heterocycles. The Bertz CT molecular complexity index is 2100. The fraction of sp³-hybridized carbons (Fsp3) is 0.286. The molecule has 3 heterocycles. The van der Waals surface area contributed by atoms with Crippen molar-refractivity contribution in [2.75, 3.05) is 19.1 Å². The quantitative estimate of drug-likeness (QED) is 0.115. The predicted octanol–water partition coefficient (Wildman–Crippen LogP) is 6.01. The van der Waals surface area contributed by atoms with Gasteiger partial charge in [-0.3, -0.25) is 29.0 Å². The first kappa shape index (κ1) is 31.3. The number of methoxy groups -OCH3 is 1. The number of amides is 4. The minimum absolute atomic E-state index is 0.0899. The van der Waals surface area contributed by atoms with E-state index in [1.54, 1.807) is 36.4 Å². The van der Waals surface area contributed by atoms with E-state index >= 15 is 0 Å². The number of alkyl halides is 2. The molecule has 0 unspecified atom stereocenters. The lowest BCUT2D eigenvalue weighted by Gasteiger charge is -2.50. The molecular formula is C35H26Cl2IN3O7. The Morgan fingerprint density at radius 1 is 1.00 bits per heavy atom. The first-order chi connectivity index (χ1) is 22.9. The maximum Gasteiger partial charge on any atom is 0.253 e. The number of fused-ring (bicyclic) bond motifs is 5. The Labute approximate surface area is 297 Å². The van der Waals surface area contributed by atoms with Gasteiger partial charge >= 0.3 is 0 Å². The molecule has 2 aliphatic carbocycles. The maximum absolute atomic E-state index is 14.4. The summed E-state index contributed by atoms with van der Waals surface area (Å²) in [6.45, 7) is 0. The first-order valence-corrected chi connectivity index (χ1v) is 17.0. The molecule has 6 atom stereocenters. The minimum Gasteiger partial charge on any atom is -0.504 e. The second kappa shape index (κ2) is 10.8. The third-order valence-electron chi connectivity index (χ3n) is 10.3. The molecule has 0 bridgehead atoms. The van der Waals surface area contributed by atoms with Crippen molar-refractivity contribution in [3.63, 3.8) is 0 Å². The molecular weight excluding hydrogens is 772 g/mol. The number of oxazole rings is 1. The van der Waals surface area contributed by atoms with E-state index < -0.39 is 51.1 Å². The standard InChI is InChI=1S/C35H26Cl2IN3O7/c1-40-32(45)34(36)15-21-19(27(35(34,37)33(40)46)17-13-22(38)28(42)25(14-17)47-2)11-12-20-26(21)31(44)41(30(20)43)18-9-7-16(8-10-18)29-39-23-5-3-4-6-24(23)48-29/h3-11,13-14,20-21,26-27,42H,12,15H2,1-2H3/t20-,21+,26-,27-,34+,35-/m0/s1. The molecule has 3 fully saturated rings. The van der Waals surface area contributed by atoms with Crippen molar-refractivity contribution in [1.29, 1.82) is 0 Å². The molecule has 1 aromatic heterocycles. The van der Waals surface area contributed by atoms with Gasteiger partial charge in [-0.2, -0.15) is 0 Å². The van der Waals surface area contributed by atoms with Crippen LogP contribution in [0.25, 0.3) is 22.6 Å². The zero-order valence-electron chi connectivity index (χ0n) is 25.4. The van der Waals surface area contributed by atoms with Gasteiger partial charge in [-0.1, -0.05) is 23.8 Å². The van der Waals surface area contributed by atoms with E-state index in [1.807, 2.05) is 52.9 Å². The lowest BCUT2D eigenvalue weighted by atomic mass is 9.56. The monoisotopic (exact) mass is 797 g/mol. The van der Waals surface area contributed by atoms with E-state index in [0.29, 0.717) is 42.9 Å². The number of ether oxygens (including phenoxy) is 1. The molecule has 3 aromatic carbocycles. The number of aromatic hydroxyl groups is 1. The molecule has 1 N–H and O–H groups in total. The van der Waals surface area contributed by atoms with Gasteiger partial charge in [-0.15, -0.1) is 23.2 Å². The molecule has 244 valence electrons. The van der Waals surface area contributed by atoms with Crippen LogP contribution in [0.5, 0.6) is 11.5 Å². The number of phenols is 1. The summed E-state index contributed by atoms with van der Waals surface area (Å²) in [5, 5.41) is 10.6. The lowest BCUT2D eigenvalue weighted by molar-refractivity contribution is -0.138. The molecule has 2 saturated heterocycles. The molecule has 4 aliphatic rings. The fourth-order valence-corrected chi connectivity index (χ4v) is 9.68. The summed E-state index contributed by atoms with van der Waals surface area (Å²) in [6.07, 6.45) is 1.97. The number of phenolic OH excluding ortho intramolecular Hbond substituents is 1. The van der Waals surface area contributed by atoms with Crippen molar-refractivity contribution in [3.05, 3.63) is 81.4 Å². The summed E-state index contributed by atoms with van der Waals surface area (Å²) < 4.78 is 11.7. The average molecular weight is 798 g/mol. The van der Waals surface area contributed by atoms with Gasteiger partial charge in [0, 0.05) is 18.5 Å². The second-order valence-electron chi connectivity index (χ2n) is 12.6. The normalized spacial score (nSPS) is 29.6. The van der Waals surface area contributed by atoms with Crippen molar-refractivity contribution < 1.29 is 33.4 Å². The van der Waals surface area contributed by atoms with E-state index in [2.05, 4.69) is 4.98 Å². The van der Waals surface area contributed by atoms with E-state index in [9.17, 15) is 24.3 Å². The minimum atomic E-state index is -1.94. The van der Waals surface area contributed by atoms with E-state index in [-0.39, 0.29) is 30.2 Å². The van der Waals surface area contributed by atoms with Gasteiger partial charge in [0.25, 0.3) is 11.8 Å². The Morgan fingerprint density at radius 2 is 1.73 bits per heavy atom. The van der Waals surface area contributed by atoms with Crippen LogP contribution < -0.4 is 9.64 Å². The number of carbonyl (C=O) groups is 4. The third kappa shape index (κ3) is 4.07. The molecule has 48 heavy (non-hydrogen) atoms.